The van der Waals surface area contributed by atoms with Crippen molar-refractivity contribution >= 4 is 29.0 Å². The Hall–Kier alpha value is -1.39. The minimum Gasteiger partial charge on any atom is -0.390 e. The van der Waals surface area contributed by atoms with Crippen LogP contribution >= 0.6 is 23.2 Å². The molecular formula is C19H20Cl2O3. The highest BCUT2D eigenvalue weighted by Gasteiger charge is 2.26. The number of rotatable bonds is 6. The van der Waals surface area contributed by atoms with Gasteiger partial charge in [0.15, 0.2) is 5.78 Å². The second-order valence-corrected chi connectivity index (χ2v) is 6.96. The normalized spacial score (nSPS) is 14.9. The van der Waals surface area contributed by atoms with E-state index in [0.717, 1.165) is 16.7 Å². The monoisotopic (exact) mass is 366 g/mol. The first-order valence-corrected chi connectivity index (χ1v) is 8.45. The zero-order valence-electron chi connectivity index (χ0n) is 13.5. The standard InChI is InChI=1S/C19H20Cl2O3/c1-11(18(23)19(24)12(2)22)7-13-3-5-14(6-4-13)15-8-16(20)10-17(21)9-15/h3-6,8-11,18-19,23-24H,7H2,1-2H3/t11-,18-,19+/m1/s1. The van der Waals surface area contributed by atoms with Gasteiger partial charge in [-0.1, -0.05) is 54.4 Å². The summed E-state index contributed by atoms with van der Waals surface area (Å²) in [5, 5.41) is 20.8. The molecule has 0 radical (unpaired) electrons. The predicted octanol–water partition coefficient (Wildman–Crippen LogP) is 4.15. The fourth-order valence-corrected chi connectivity index (χ4v) is 3.12. The number of carbonyl (C=O) groups excluding carboxylic acids is 1. The number of hydrogen-bond acceptors (Lipinski definition) is 3. The first kappa shape index (κ1) is 18.9. The van der Waals surface area contributed by atoms with Gasteiger partial charge in [-0.3, -0.25) is 4.79 Å². The van der Waals surface area contributed by atoms with Crippen molar-refractivity contribution in [2.24, 2.45) is 5.92 Å². The van der Waals surface area contributed by atoms with Gasteiger partial charge in [0.25, 0.3) is 0 Å². The Labute approximate surface area is 151 Å². The third-order valence-corrected chi connectivity index (χ3v) is 4.47. The quantitative estimate of drug-likeness (QED) is 0.807. The topological polar surface area (TPSA) is 57.5 Å². The molecule has 3 nitrogen and oxygen atoms in total. The summed E-state index contributed by atoms with van der Waals surface area (Å²) in [6.07, 6.45) is -1.86. The molecule has 5 heteroatoms. The lowest BCUT2D eigenvalue weighted by molar-refractivity contribution is -0.132. The van der Waals surface area contributed by atoms with Gasteiger partial charge in [0.05, 0.1) is 6.10 Å². The molecular weight excluding hydrogens is 347 g/mol. The van der Waals surface area contributed by atoms with Crippen LogP contribution in [0.2, 0.25) is 10.0 Å². The fourth-order valence-electron chi connectivity index (χ4n) is 2.60. The molecule has 0 saturated carbocycles. The summed E-state index contributed by atoms with van der Waals surface area (Å²) >= 11 is 12.1. The number of carbonyl (C=O) groups is 1. The molecule has 2 aromatic rings. The van der Waals surface area contributed by atoms with Gasteiger partial charge < -0.3 is 10.2 Å². The molecule has 3 atom stereocenters. The van der Waals surface area contributed by atoms with E-state index in [0.29, 0.717) is 16.5 Å². The Morgan fingerprint density at radius 3 is 2.04 bits per heavy atom. The maximum absolute atomic E-state index is 11.2. The minimum atomic E-state index is -1.34. The van der Waals surface area contributed by atoms with E-state index in [4.69, 9.17) is 23.2 Å². The number of hydrogen-bond donors (Lipinski definition) is 2. The van der Waals surface area contributed by atoms with E-state index in [-0.39, 0.29) is 5.92 Å². The molecule has 0 fully saturated rings. The lowest BCUT2D eigenvalue weighted by Gasteiger charge is -2.22. The molecule has 2 N–H and O–H groups in total. The Balaban J connectivity index is 2.10. The number of halogens is 2. The molecule has 0 aliphatic rings. The van der Waals surface area contributed by atoms with Crippen LogP contribution in [0, 0.1) is 5.92 Å². The van der Waals surface area contributed by atoms with Crippen molar-refractivity contribution in [3.63, 3.8) is 0 Å². The van der Waals surface area contributed by atoms with Crippen molar-refractivity contribution in [1.82, 2.24) is 0 Å². The Kier molecular flexibility index (Phi) is 6.41. The van der Waals surface area contributed by atoms with E-state index in [1.807, 2.05) is 43.3 Å². The summed E-state index contributed by atoms with van der Waals surface area (Å²) in [5.41, 5.74) is 2.92. The van der Waals surface area contributed by atoms with Crippen LogP contribution in [0.15, 0.2) is 42.5 Å². The summed E-state index contributed by atoms with van der Waals surface area (Å²) in [4.78, 5) is 11.2. The number of aliphatic hydroxyl groups excluding tert-OH is 2. The van der Waals surface area contributed by atoms with Crippen molar-refractivity contribution < 1.29 is 15.0 Å². The maximum atomic E-state index is 11.2. The lowest BCUT2D eigenvalue weighted by Crippen LogP contribution is -2.37. The van der Waals surface area contributed by atoms with Crippen molar-refractivity contribution in [1.29, 1.82) is 0 Å². The lowest BCUT2D eigenvalue weighted by atomic mass is 9.91. The van der Waals surface area contributed by atoms with Crippen LogP contribution in [0.3, 0.4) is 0 Å². The van der Waals surface area contributed by atoms with E-state index < -0.39 is 18.0 Å². The molecule has 0 bridgehead atoms. The third-order valence-electron chi connectivity index (χ3n) is 4.03. The van der Waals surface area contributed by atoms with E-state index in [1.165, 1.54) is 6.92 Å². The maximum Gasteiger partial charge on any atom is 0.160 e. The van der Waals surface area contributed by atoms with E-state index >= 15 is 0 Å². The second-order valence-electron chi connectivity index (χ2n) is 6.08. The highest BCUT2D eigenvalue weighted by Crippen LogP contribution is 2.28. The molecule has 0 amide bonds. The van der Waals surface area contributed by atoms with Crippen LogP contribution in [0.4, 0.5) is 0 Å². The number of Topliss-reactive ketones (excluding diaryl/α,β-unsaturated/α-hetero) is 1. The SMILES string of the molecule is CC(=O)[C@H](O)[C@H](O)[C@H](C)Cc1ccc(-c2cc(Cl)cc(Cl)c2)cc1. The van der Waals surface area contributed by atoms with Gasteiger partial charge in [-0.05, 0) is 54.2 Å². The molecule has 0 saturated heterocycles. The molecule has 0 aromatic heterocycles. The van der Waals surface area contributed by atoms with Crippen molar-refractivity contribution in [2.75, 3.05) is 0 Å². The molecule has 2 aromatic carbocycles. The summed E-state index contributed by atoms with van der Waals surface area (Å²) in [7, 11) is 0. The van der Waals surface area contributed by atoms with Crippen LogP contribution in [0.1, 0.15) is 19.4 Å². The molecule has 2 rings (SSSR count). The summed E-state index contributed by atoms with van der Waals surface area (Å²) in [6, 6.07) is 13.2. The summed E-state index contributed by atoms with van der Waals surface area (Å²) in [6.45, 7) is 3.08. The largest absolute Gasteiger partial charge is 0.390 e. The summed E-state index contributed by atoms with van der Waals surface area (Å²) < 4.78 is 0. The number of benzene rings is 2. The van der Waals surface area contributed by atoms with Gasteiger partial charge in [-0.15, -0.1) is 0 Å². The van der Waals surface area contributed by atoms with Crippen LogP contribution in [-0.4, -0.2) is 28.2 Å². The first-order valence-electron chi connectivity index (χ1n) is 7.70. The van der Waals surface area contributed by atoms with Crippen LogP contribution in [0.25, 0.3) is 11.1 Å². The molecule has 0 spiro atoms. The highest BCUT2D eigenvalue weighted by molar-refractivity contribution is 6.35. The van der Waals surface area contributed by atoms with Gasteiger partial charge in [0.1, 0.15) is 6.10 Å². The van der Waals surface area contributed by atoms with E-state index in [1.54, 1.807) is 6.07 Å². The molecule has 0 aliphatic heterocycles. The molecule has 0 aliphatic carbocycles. The van der Waals surface area contributed by atoms with Gasteiger partial charge >= 0.3 is 0 Å². The number of aliphatic hydroxyl groups is 2. The average Bonchev–Trinajstić information content (AvgIpc) is 2.53. The van der Waals surface area contributed by atoms with Crippen LogP contribution < -0.4 is 0 Å². The molecule has 24 heavy (non-hydrogen) atoms. The van der Waals surface area contributed by atoms with Crippen molar-refractivity contribution in [3.05, 3.63) is 58.1 Å². The summed E-state index contributed by atoms with van der Waals surface area (Å²) in [5.74, 6) is -0.669. The van der Waals surface area contributed by atoms with Gasteiger partial charge in [0, 0.05) is 10.0 Å². The highest BCUT2D eigenvalue weighted by atomic mass is 35.5. The molecule has 0 unspecified atom stereocenters. The Bertz CT molecular complexity index is 693. The van der Waals surface area contributed by atoms with E-state index in [9.17, 15) is 15.0 Å². The van der Waals surface area contributed by atoms with Crippen molar-refractivity contribution in [2.45, 2.75) is 32.5 Å². The predicted molar refractivity (Wildman–Crippen MR) is 97.5 cm³/mol. The van der Waals surface area contributed by atoms with E-state index in [2.05, 4.69) is 0 Å². The minimum absolute atomic E-state index is 0.240. The van der Waals surface area contributed by atoms with Gasteiger partial charge in [-0.25, -0.2) is 0 Å². The zero-order valence-corrected chi connectivity index (χ0v) is 15.1. The van der Waals surface area contributed by atoms with Gasteiger partial charge in [0.2, 0.25) is 0 Å². The first-order chi connectivity index (χ1) is 11.3. The van der Waals surface area contributed by atoms with Crippen molar-refractivity contribution in [3.8, 4) is 11.1 Å². The Morgan fingerprint density at radius 2 is 1.54 bits per heavy atom. The second kappa shape index (κ2) is 8.13. The van der Waals surface area contributed by atoms with Crippen LogP contribution in [0.5, 0.6) is 0 Å². The third kappa shape index (κ3) is 4.81. The molecule has 0 heterocycles. The number of ketones is 1. The fraction of sp³-hybridized carbons (Fsp3) is 0.316. The van der Waals surface area contributed by atoms with Crippen LogP contribution in [-0.2, 0) is 11.2 Å². The zero-order chi connectivity index (χ0) is 17.9. The molecule has 128 valence electrons. The smallest absolute Gasteiger partial charge is 0.160 e. The average molecular weight is 367 g/mol. The van der Waals surface area contributed by atoms with Gasteiger partial charge in [-0.2, -0.15) is 0 Å². The Morgan fingerprint density at radius 1 is 1.00 bits per heavy atom.